The number of likely N-dealkylation sites (N-methyl/N-ethyl adjacent to an activating group) is 1. The summed E-state index contributed by atoms with van der Waals surface area (Å²) in [5.41, 5.74) is 2.41. The summed E-state index contributed by atoms with van der Waals surface area (Å²) >= 11 is 0. The van der Waals surface area contributed by atoms with Gasteiger partial charge in [0.25, 0.3) is 0 Å². The van der Waals surface area contributed by atoms with Gasteiger partial charge < -0.3 is 10.0 Å². The molecule has 1 aromatic rings. The van der Waals surface area contributed by atoms with Crippen LogP contribution in [-0.2, 0) is 11.3 Å². The number of aliphatic hydroxyl groups excluding tert-OH is 1. The van der Waals surface area contributed by atoms with Crippen molar-refractivity contribution in [3.63, 3.8) is 0 Å². The van der Waals surface area contributed by atoms with Crippen LogP contribution in [0.1, 0.15) is 37.3 Å². The Bertz CT molecular complexity index is 359. The molecule has 0 fully saturated rings. The zero-order valence-corrected chi connectivity index (χ0v) is 10.8. The van der Waals surface area contributed by atoms with Gasteiger partial charge in [0.15, 0.2) is 0 Å². The third-order valence-electron chi connectivity index (χ3n) is 3.14. The van der Waals surface area contributed by atoms with E-state index in [4.69, 9.17) is 5.11 Å². The van der Waals surface area contributed by atoms with Gasteiger partial charge >= 0.3 is 0 Å². The summed E-state index contributed by atoms with van der Waals surface area (Å²) in [6.07, 6.45) is 1.13. The molecule has 1 amide bonds. The first-order chi connectivity index (χ1) is 8.08. The molecule has 1 unspecified atom stereocenters. The second-order valence-electron chi connectivity index (χ2n) is 4.46. The zero-order chi connectivity index (χ0) is 12.8. The fourth-order valence-electron chi connectivity index (χ4n) is 1.67. The summed E-state index contributed by atoms with van der Waals surface area (Å²) in [5.74, 6) is 0.317. The quantitative estimate of drug-likeness (QED) is 0.849. The Morgan fingerprint density at radius 2 is 1.94 bits per heavy atom. The van der Waals surface area contributed by atoms with E-state index < -0.39 is 6.61 Å². The van der Waals surface area contributed by atoms with Crippen LogP contribution in [0, 0.1) is 0 Å². The van der Waals surface area contributed by atoms with Gasteiger partial charge in [0.1, 0.15) is 6.61 Å². The first-order valence-electron chi connectivity index (χ1n) is 6.02. The monoisotopic (exact) mass is 235 g/mol. The van der Waals surface area contributed by atoms with Crippen molar-refractivity contribution in [2.24, 2.45) is 0 Å². The zero-order valence-electron chi connectivity index (χ0n) is 10.8. The van der Waals surface area contributed by atoms with E-state index in [9.17, 15) is 4.79 Å². The number of carbonyl (C=O) groups excluding carboxylic acids is 1. The molecule has 0 aliphatic carbocycles. The summed E-state index contributed by atoms with van der Waals surface area (Å²) in [6, 6.07) is 8.31. The fourth-order valence-corrected chi connectivity index (χ4v) is 1.67. The van der Waals surface area contributed by atoms with Crippen molar-refractivity contribution in [1.82, 2.24) is 4.90 Å². The van der Waals surface area contributed by atoms with Crippen molar-refractivity contribution in [3.05, 3.63) is 35.4 Å². The molecule has 94 valence electrons. The minimum absolute atomic E-state index is 0.254. The van der Waals surface area contributed by atoms with E-state index >= 15 is 0 Å². The van der Waals surface area contributed by atoms with Gasteiger partial charge in [0.2, 0.25) is 5.91 Å². The summed E-state index contributed by atoms with van der Waals surface area (Å²) in [5, 5.41) is 8.74. The van der Waals surface area contributed by atoms with E-state index in [0.29, 0.717) is 12.5 Å². The maximum Gasteiger partial charge on any atom is 0.248 e. The van der Waals surface area contributed by atoms with E-state index in [2.05, 4.69) is 26.0 Å². The van der Waals surface area contributed by atoms with Gasteiger partial charge in [0, 0.05) is 13.6 Å². The largest absolute Gasteiger partial charge is 0.387 e. The van der Waals surface area contributed by atoms with Crippen molar-refractivity contribution in [2.45, 2.75) is 32.7 Å². The second-order valence-corrected chi connectivity index (χ2v) is 4.46. The molecule has 0 saturated carbocycles. The maximum absolute atomic E-state index is 11.2. The van der Waals surface area contributed by atoms with Crippen LogP contribution >= 0.6 is 0 Å². The molecule has 0 aliphatic rings. The minimum Gasteiger partial charge on any atom is -0.387 e. The molecule has 17 heavy (non-hydrogen) atoms. The van der Waals surface area contributed by atoms with Crippen LogP contribution in [0.25, 0.3) is 0 Å². The number of benzene rings is 1. The lowest BCUT2D eigenvalue weighted by Gasteiger charge is -2.16. The molecule has 0 aliphatic heterocycles. The Hall–Kier alpha value is -1.35. The molecule has 0 aromatic heterocycles. The van der Waals surface area contributed by atoms with Crippen LogP contribution in [0.2, 0.25) is 0 Å². The topological polar surface area (TPSA) is 40.5 Å². The highest BCUT2D eigenvalue weighted by Crippen LogP contribution is 2.19. The lowest BCUT2D eigenvalue weighted by atomic mass is 9.97. The average Bonchev–Trinajstić information content (AvgIpc) is 2.37. The molecule has 0 bridgehead atoms. The Balaban J connectivity index is 2.65. The third-order valence-corrected chi connectivity index (χ3v) is 3.14. The molecular weight excluding hydrogens is 214 g/mol. The molecule has 0 radical (unpaired) electrons. The van der Waals surface area contributed by atoms with Gasteiger partial charge in [-0.05, 0) is 23.5 Å². The van der Waals surface area contributed by atoms with E-state index in [-0.39, 0.29) is 5.91 Å². The van der Waals surface area contributed by atoms with E-state index in [1.165, 1.54) is 10.5 Å². The number of amides is 1. The number of nitrogens with zero attached hydrogens (tertiary/aromatic N) is 1. The van der Waals surface area contributed by atoms with Crippen LogP contribution in [0.5, 0.6) is 0 Å². The van der Waals surface area contributed by atoms with Gasteiger partial charge in [-0.25, -0.2) is 0 Å². The predicted molar refractivity (Wildman–Crippen MR) is 68.7 cm³/mol. The van der Waals surface area contributed by atoms with Crippen molar-refractivity contribution in [3.8, 4) is 0 Å². The summed E-state index contributed by atoms with van der Waals surface area (Å²) in [7, 11) is 1.70. The second kappa shape index (κ2) is 6.40. The molecule has 1 atom stereocenters. The maximum atomic E-state index is 11.2. The number of hydrogen-bond acceptors (Lipinski definition) is 2. The smallest absolute Gasteiger partial charge is 0.248 e. The summed E-state index contributed by atoms with van der Waals surface area (Å²) < 4.78 is 0. The molecule has 0 heterocycles. The first-order valence-corrected chi connectivity index (χ1v) is 6.02. The SMILES string of the molecule is CCC(C)c1ccc(CN(C)C(=O)CO)cc1. The lowest BCUT2D eigenvalue weighted by Crippen LogP contribution is -2.28. The highest BCUT2D eigenvalue weighted by molar-refractivity contribution is 5.76. The number of carbonyl (C=O) groups is 1. The van der Waals surface area contributed by atoms with Gasteiger partial charge in [-0.3, -0.25) is 4.79 Å². The van der Waals surface area contributed by atoms with E-state index in [1.54, 1.807) is 7.05 Å². The number of aliphatic hydroxyl groups is 1. The van der Waals surface area contributed by atoms with Crippen LogP contribution in [0.15, 0.2) is 24.3 Å². The van der Waals surface area contributed by atoms with Gasteiger partial charge in [-0.15, -0.1) is 0 Å². The van der Waals surface area contributed by atoms with Crippen LogP contribution < -0.4 is 0 Å². The Morgan fingerprint density at radius 1 is 1.35 bits per heavy atom. The van der Waals surface area contributed by atoms with Crippen molar-refractivity contribution in [2.75, 3.05) is 13.7 Å². The van der Waals surface area contributed by atoms with Crippen LogP contribution in [-0.4, -0.2) is 29.6 Å². The molecule has 1 aromatic carbocycles. The minimum atomic E-state index is -0.429. The van der Waals surface area contributed by atoms with Crippen molar-refractivity contribution in [1.29, 1.82) is 0 Å². The predicted octanol–water partition coefficient (Wildman–Crippen LogP) is 2.15. The number of hydrogen-bond donors (Lipinski definition) is 1. The standard InChI is InChI=1S/C14H21NO2/c1-4-11(2)13-7-5-12(6-8-13)9-15(3)14(17)10-16/h5-8,11,16H,4,9-10H2,1-3H3. The van der Waals surface area contributed by atoms with E-state index in [1.807, 2.05) is 12.1 Å². The summed E-state index contributed by atoms with van der Waals surface area (Å²) in [4.78, 5) is 12.7. The van der Waals surface area contributed by atoms with Crippen molar-refractivity contribution >= 4 is 5.91 Å². The molecule has 0 saturated heterocycles. The summed E-state index contributed by atoms with van der Waals surface area (Å²) in [6.45, 7) is 4.49. The van der Waals surface area contributed by atoms with Gasteiger partial charge in [0.05, 0.1) is 0 Å². The molecular formula is C14H21NO2. The molecule has 3 heteroatoms. The normalized spacial score (nSPS) is 12.2. The highest BCUT2D eigenvalue weighted by atomic mass is 16.3. The molecule has 3 nitrogen and oxygen atoms in total. The van der Waals surface area contributed by atoms with Crippen molar-refractivity contribution < 1.29 is 9.90 Å². The molecule has 0 spiro atoms. The number of rotatable bonds is 5. The first kappa shape index (κ1) is 13.7. The fraction of sp³-hybridized carbons (Fsp3) is 0.500. The Labute approximate surface area is 103 Å². The molecule has 1 N–H and O–H groups in total. The highest BCUT2D eigenvalue weighted by Gasteiger charge is 2.08. The van der Waals surface area contributed by atoms with Gasteiger partial charge in [-0.2, -0.15) is 0 Å². The van der Waals surface area contributed by atoms with Crippen LogP contribution in [0.3, 0.4) is 0 Å². The average molecular weight is 235 g/mol. The van der Waals surface area contributed by atoms with Crippen LogP contribution in [0.4, 0.5) is 0 Å². The third kappa shape index (κ3) is 3.86. The Morgan fingerprint density at radius 3 is 2.41 bits per heavy atom. The van der Waals surface area contributed by atoms with E-state index in [0.717, 1.165) is 12.0 Å². The Kier molecular flexibility index (Phi) is 5.16. The molecule has 1 rings (SSSR count). The van der Waals surface area contributed by atoms with Gasteiger partial charge in [-0.1, -0.05) is 38.1 Å². The lowest BCUT2D eigenvalue weighted by molar-refractivity contribution is -0.133.